The van der Waals surface area contributed by atoms with E-state index in [1.54, 1.807) is 23.2 Å². The summed E-state index contributed by atoms with van der Waals surface area (Å²) in [6.45, 7) is 0.629. The molecule has 5 rings (SSSR count). The lowest BCUT2D eigenvalue weighted by molar-refractivity contribution is 0.0989. The number of hydrogen-bond donors (Lipinski definition) is 1. The van der Waals surface area contributed by atoms with E-state index in [0.717, 1.165) is 23.1 Å². The van der Waals surface area contributed by atoms with Gasteiger partial charge in [0.05, 0.1) is 11.2 Å². The number of carbonyl (C=O) groups excluding carboxylic acids is 2. The molecule has 2 amide bonds. The number of nitrogens with zero attached hydrogens (tertiary/aromatic N) is 3. The van der Waals surface area contributed by atoms with Crippen LogP contribution >= 0.6 is 0 Å². The van der Waals surface area contributed by atoms with Gasteiger partial charge in [0, 0.05) is 35.6 Å². The van der Waals surface area contributed by atoms with E-state index < -0.39 is 0 Å². The number of amides is 2. The Morgan fingerprint density at radius 3 is 2.70 bits per heavy atom. The summed E-state index contributed by atoms with van der Waals surface area (Å²) in [7, 11) is 0. The minimum atomic E-state index is -0.385. The van der Waals surface area contributed by atoms with E-state index in [1.165, 1.54) is 12.3 Å². The molecule has 0 aliphatic carbocycles. The fraction of sp³-hybridized carbons (Fsp3) is 0.0833. The minimum Gasteiger partial charge on any atom is -0.319 e. The van der Waals surface area contributed by atoms with Crippen molar-refractivity contribution in [1.82, 2.24) is 9.97 Å². The third kappa shape index (κ3) is 3.18. The molecule has 4 aromatic rings. The zero-order chi connectivity index (χ0) is 20.5. The summed E-state index contributed by atoms with van der Waals surface area (Å²) in [5, 5.41) is 3.79. The highest BCUT2D eigenvalue weighted by atomic mass is 16.2. The molecule has 0 fully saturated rings. The second kappa shape index (κ2) is 7.40. The van der Waals surface area contributed by atoms with Crippen molar-refractivity contribution in [2.24, 2.45) is 0 Å². The first-order valence-electron chi connectivity index (χ1n) is 9.71. The molecule has 1 aliphatic rings. The van der Waals surface area contributed by atoms with Crippen molar-refractivity contribution in [2.45, 2.75) is 6.42 Å². The van der Waals surface area contributed by atoms with Crippen LogP contribution in [0, 0.1) is 0 Å². The first kappa shape index (κ1) is 18.0. The quantitative estimate of drug-likeness (QED) is 0.568. The number of anilines is 2. The molecule has 0 unspecified atom stereocenters. The molecule has 1 aliphatic heterocycles. The van der Waals surface area contributed by atoms with Crippen molar-refractivity contribution >= 4 is 34.1 Å². The van der Waals surface area contributed by atoms with Gasteiger partial charge in [0.2, 0.25) is 0 Å². The minimum absolute atomic E-state index is 0.136. The number of para-hydroxylation sites is 2. The Morgan fingerprint density at radius 2 is 1.77 bits per heavy atom. The first-order chi connectivity index (χ1) is 14.7. The Balaban J connectivity index is 1.41. The largest absolute Gasteiger partial charge is 0.319 e. The van der Waals surface area contributed by atoms with Gasteiger partial charge in [-0.15, -0.1) is 0 Å². The van der Waals surface area contributed by atoms with Crippen molar-refractivity contribution in [3.63, 3.8) is 0 Å². The molecule has 146 valence electrons. The second-order valence-electron chi connectivity index (χ2n) is 7.10. The van der Waals surface area contributed by atoms with Gasteiger partial charge in [0.25, 0.3) is 11.8 Å². The van der Waals surface area contributed by atoms with E-state index in [9.17, 15) is 9.59 Å². The number of pyridine rings is 2. The molecule has 0 saturated heterocycles. The molecule has 0 radical (unpaired) electrons. The third-order valence-corrected chi connectivity index (χ3v) is 5.25. The first-order valence-corrected chi connectivity index (χ1v) is 9.71. The van der Waals surface area contributed by atoms with Gasteiger partial charge in [0.1, 0.15) is 5.69 Å². The summed E-state index contributed by atoms with van der Waals surface area (Å²) in [6.07, 6.45) is 4.00. The van der Waals surface area contributed by atoms with Crippen LogP contribution in [0.2, 0.25) is 0 Å². The number of nitrogens with one attached hydrogen (secondary N) is 1. The predicted molar refractivity (Wildman–Crippen MR) is 116 cm³/mol. The second-order valence-corrected chi connectivity index (χ2v) is 7.10. The maximum absolute atomic E-state index is 13.1. The summed E-state index contributed by atoms with van der Waals surface area (Å²) in [6, 6.07) is 20.4. The highest BCUT2D eigenvalue weighted by molar-refractivity contribution is 6.11. The van der Waals surface area contributed by atoms with Gasteiger partial charge in [-0.25, -0.2) is 0 Å². The fourth-order valence-electron chi connectivity index (χ4n) is 3.78. The number of fused-ring (bicyclic) bond motifs is 2. The smallest absolute Gasteiger partial charge is 0.274 e. The van der Waals surface area contributed by atoms with Crippen LogP contribution in [0.3, 0.4) is 0 Å². The van der Waals surface area contributed by atoms with Gasteiger partial charge in [-0.2, -0.15) is 0 Å². The van der Waals surface area contributed by atoms with Crippen LogP contribution in [0.1, 0.15) is 26.4 Å². The monoisotopic (exact) mass is 394 g/mol. The lowest BCUT2D eigenvalue weighted by Gasteiger charge is -2.17. The lowest BCUT2D eigenvalue weighted by atomic mass is 10.1. The molecule has 6 heteroatoms. The number of benzene rings is 2. The maximum atomic E-state index is 13.1. The zero-order valence-electron chi connectivity index (χ0n) is 16.1. The average Bonchev–Trinajstić information content (AvgIpc) is 3.23. The molecule has 0 spiro atoms. The van der Waals surface area contributed by atoms with Gasteiger partial charge in [-0.05, 0) is 42.3 Å². The average molecular weight is 394 g/mol. The van der Waals surface area contributed by atoms with Gasteiger partial charge < -0.3 is 10.2 Å². The van der Waals surface area contributed by atoms with E-state index >= 15 is 0 Å². The molecule has 0 atom stereocenters. The predicted octanol–water partition coefficient (Wildman–Crippen LogP) is 4.09. The number of aromatic nitrogens is 2. The van der Waals surface area contributed by atoms with E-state index in [1.807, 2.05) is 48.5 Å². The fourth-order valence-corrected chi connectivity index (χ4v) is 3.78. The molecule has 6 nitrogen and oxygen atoms in total. The van der Waals surface area contributed by atoms with Crippen LogP contribution in [-0.4, -0.2) is 28.3 Å². The summed E-state index contributed by atoms with van der Waals surface area (Å²) in [4.78, 5) is 36.2. The topological polar surface area (TPSA) is 75.2 Å². The Kier molecular flexibility index (Phi) is 4.44. The van der Waals surface area contributed by atoms with Gasteiger partial charge >= 0.3 is 0 Å². The summed E-state index contributed by atoms with van der Waals surface area (Å²) >= 11 is 0. The standard InChI is InChI=1S/C24H18N4O2/c29-23(27-19-8-3-6-17-7-4-12-26-22(17)19)20-15-18(10-13-25-20)24(30)28-14-11-16-5-1-2-9-21(16)28/h1-10,12-13,15H,11,14H2,(H,27,29). The number of hydrogen-bond acceptors (Lipinski definition) is 4. The molecule has 1 N–H and O–H groups in total. The van der Waals surface area contributed by atoms with Crippen molar-refractivity contribution in [2.75, 3.05) is 16.8 Å². The number of carbonyl (C=O) groups is 2. The molecule has 0 saturated carbocycles. The Morgan fingerprint density at radius 1 is 0.900 bits per heavy atom. The van der Waals surface area contributed by atoms with Crippen molar-refractivity contribution in [3.05, 3.63) is 95.9 Å². The Bertz CT molecular complexity index is 1280. The lowest BCUT2D eigenvalue weighted by Crippen LogP contribution is -2.29. The van der Waals surface area contributed by atoms with E-state index in [2.05, 4.69) is 15.3 Å². The van der Waals surface area contributed by atoms with Crippen LogP contribution in [0.15, 0.2) is 79.1 Å². The van der Waals surface area contributed by atoms with Crippen LogP contribution in [0.25, 0.3) is 10.9 Å². The Hall–Kier alpha value is -4.06. The van der Waals surface area contributed by atoms with Crippen LogP contribution in [0.4, 0.5) is 11.4 Å². The molecule has 2 aromatic carbocycles. The molecule has 3 heterocycles. The molecular formula is C24H18N4O2. The molecule has 30 heavy (non-hydrogen) atoms. The van der Waals surface area contributed by atoms with Crippen molar-refractivity contribution in [3.8, 4) is 0 Å². The highest BCUT2D eigenvalue weighted by Crippen LogP contribution is 2.29. The van der Waals surface area contributed by atoms with E-state index in [0.29, 0.717) is 23.3 Å². The molecule has 0 bridgehead atoms. The van der Waals surface area contributed by atoms with Gasteiger partial charge in [0.15, 0.2) is 0 Å². The normalized spacial score (nSPS) is 12.6. The van der Waals surface area contributed by atoms with Crippen LogP contribution in [0.5, 0.6) is 0 Å². The highest BCUT2D eigenvalue weighted by Gasteiger charge is 2.25. The van der Waals surface area contributed by atoms with Gasteiger partial charge in [-0.3, -0.25) is 19.6 Å². The Labute approximate surface area is 173 Å². The summed E-state index contributed by atoms with van der Waals surface area (Å²) < 4.78 is 0. The maximum Gasteiger partial charge on any atom is 0.274 e. The number of rotatable bonds is 3. The van der Waals surface area contributed by atoms with Crippen LogP contribution < -0.4 is 10.2 Å². The molecule has 2 aromatic heterocycles. The van der Waals surface area contributed by atoms with Crippen LogP contribution in [-0.2, 0) is 6.42 Å². The summed E-state index contributed by atoms with van der Waals surface area (Å²) in [5.74, 6) is -0.521. The zero-order valence-corrected chi connectivity index (χ0v) is 16.1. The van der Waals surface area contributed by atoms with E-state index in [4.69, 9.17) is 0 Å². The summed E-state index contributed by atoms with van der Waals surface area (Å²) in [5.41, 5.74) is 4.00. The van der Waals surface area contributed by atoms with E-state index in [-0.39, 0.29) is 17.5 Å². The SMILES string of the molecule is O=C(Nc1cccc2cccnc12)c1cc(C(=O)N2CCc3ccccc32)ccn1. The molecular weight excluding hydrogens is 376 g/mol. The van der Waals surface area contributed by atoms with Gasteiger partial charge in [-0.1, -0.05) is 36.4 Å². The van der Waals surface area contributed by atoms with Crippen molar-refractivity contribution < 1.29 is 9.59 Å². The van der Waals surface area contributed by atoms with Crippen molar-refractivity contribution in [1.29, 1.82) is 0 Å². The third-order valence-electron chi connectivity index (χ3n) is 5.25.